The Balaban J connectivity index is 4.38. The zero-order valence-corrected chi connectivity index (χ0v) is 36.6. The van der Waals surface area contributed by atoms with E-state index in [2.05, 4.69) is 38.2 Å². The minimum atomic E-state index is -4.62. The summed E-state index contributed by atoms with van der Waals surface area (Å²) >= 11 is 0. The van der Waals surface area contributed by atoms with Gasteiger partial charge in [0.15, 0.2) is 6.10 Å². The van der Waals surface area contributed by atoms with Crippen LogP contribution in [0.2, 0.25) is 0 Å². The van der Waals surface area contributed by atoms with Gasteiger partial charge < -0.3 is 27.9 Å². The Morgan fingerprint density at radius 1 is 0.556 bits per heavy atom. The van der Waals surface area contributed by atoms with Gasteiger partial charge in [-0.1, -0.05) is 141 Å². The summed E-state index contributed by atoms with van der Waals surface area (Å²) in [5.74, 6) is -0.850. The summed E-state index contributed by atoms with van der Waals surface area (Å²) in [7, 11) is 1.16. The monoisotopic (exact) mass is 786 g/mol. The molecule has 0 aromatic heterocycles. The predicted octanol–water partition coefficient (Wildman–Crippen LogP) is 11.7. The van der Waals surface area contributed by atoms with E-state index in [4.69, 9.17) is 18.5 Å². The van der Waals surface area contributed by atoms with Gasteiger partial charge >= 0.3 is 11.9 Å². The highest BCUT2D eigenvalue weighted by Crippen LogP contribution is 2.38. The van der Waals surface area contributed by atoms with Gasteiger partial charge in [-0.25, -0.2) is 0 Å². The quantitative estimate of drug-likeness (QED) is 0.0198. The van der Waals surface area contributed by atoms with Gasteiger partial charge in [0.1, 0.15) is 19.8 Å². The van der Waals surface area contributed by atoms with Crippen LogP contribution < -0.4 is 4.89 Å². The third-order valence-electron chi connectivity index (χ3n) is 9.44. The standard InChI is InChI=1S/C44H84NO8P/c1-6-8-10-12-14-16-18-20-22-24-26-28-30-32-34-36-43(46)50-40-42(41-52-54(48,49)51-39-38-45(3,4)5)53-44(47)37-35-33-31-29-27-25-23-21-19-17-15-13-11-9-7-2/h20-23,42H,6-19,24-41H2,1-5H3/b22-20+,23-21+/t42-/m1/s1. The zero-order chi connectivity index (χ0) is 40.0. The summed E-state index contributed by atoms with van der Waals surface area (Å²) in [5, 5.41) is 0. The number of hydrogen-bond acceptors (Lipinski definition) is 8. The predicted molar refractivity (Wildman–Crippen MR) is 222 cm³/mol. The first kappa shape index (κ1) is 52.5. The number of unbranched alkanes of at least 4 members (excludes halogenated alkanes) is 22. The Labute approximate surface area is 332 Å². The lowest BCUT2D eigenvalue weighted by molar-refractivity contribution is -0.870. The molecule has 54 heavy (non-hydrogen) atoms. The van der Waals surface area contributed by atoms with Crippen LogP contribution in [0.5, 0.6) is 0 Å². The minimum Gasteiger partial charge on any atom is -0.756 e. The number of quaternary nitrogens is 1. The van der Waals surface area contributed by atoms with Gasteiger partial charge in [0, 0.05) is 12.8 Å². The van der Waals surface area contributed by atoms with E-state index in [0.29, 0.717) is 17.4 Å². The van der Waals surface area contributed by atoms with Crippen molar-refractivity contribution in [3.8, 4) is 0 Å². The van der Waals surface area contributed by atoms with Gasteiger partial charge in [-0.3, -0.25) is 14.2 Å². The summed E-state index contributed by atoms with van der Waals surface area (Å²) in [4.78, 5) is 37.5. The van der Waals surface area contributed by atoms with Crippen LogP contribution in [0.3, 0.4) is 0 Å². The van der Waals surface area contributed by atoms with Gasteiger partial charge in [0.05, 0.1) is 27.7 Å². The minimum absolute atomic E-state index is 0.0326. The van der Waals surface area contributed by atoms with Gasteiger partial charge in [0.25, 0.3) is 7.82 Å². The normalized spacial score (nSPS) is 13.8. The second kappa shape index (κ2) is 37.1. The van der Waals surface area contributed by atoms with E-state index in [0.717, 1.165) is 70.6 Å². The molecule has 0 bridgehead atoms. The van der Waals surface area contributed by atoms with Crippen molar-refractivity contribution in [2.24, 2.45) is 0 Å². The molecule has 0 N–H and O–H groups in total. The van der Waals surface area contributed by atoms with Crippen LogP contribution in [-0.4, -0.2) is 70.0 Å². The zero-order valence-electron chi connectivity index (χ0n) is 35.7. The van der Waals surface area contributed by atoms with Crippen LogP contribution >= 0.6 is 7.82 Å². The average Bonchev–Trinajstić information content (AvgIpc) is 3.12. The van der Waals surface area contributed by atoms with Gasteiger partial charge in [0.2, 0.25) is 0 Å². The van der Waals surface area contributed by atoms with E-state index in [9.17, 15) is 19.0 Å². The number of phosphoric ester groups is 1. The molecule has 0 fully saturated rings. The molecule has 0 heterocycles. The maximum Gasteiger partial charge on any atom is 0.306 e. The molecule has 0 saturated heterocycles. The Bertz CT molecular complexity index is 980. The number of rotatable bonds is 40. The number of phosphoric acid groups is 1. The highest BCUT2D eigenvalue weighted by Gasteiger charge is 2.21. The Hall–Kier alpha value is -1.51. The van der Waals surface area contributed by atoms with E-state index in [1.807, 2.05) is 21.1 Å². The maximum atomic E-state index is 12.7. The fraction of sp³-hybridized carbons (Fsp3) is 0.864. The van der Waals surface area contributed by atoms with Crippen LogP contribution in [0.25, 0.3) is 0 Å². The summed E-state index contributed by atoms with van der Waals surface area (Å²) in [6.07, 6.45) is 39.1. The molecule has 10 heteroatoms. The largest absolute Gasteiger partial charge is 0.756 e. The molecule has 9 nitrogen and oxygen atoms in total. The molecule has 0 aromatic rings. The molecule has 0 saturated carbocycles. The van der Waals surface area contributed by atoms with Crippen LogP contribution in [-0.2, 0) is 32.7 Å². The van der Waals surface area contributed by atoms with Crippen molar-refractivity contribution >= 4 is 19.8 Å². The van der Waals surface area contributed by atoms with Crippen LogP contribution in [0.1, 0.15) is 194 Å². The number of hydrogen-bond donors (Lipinski definition) is 0. The molecule has 0 radical (unpaired) electrons. The summed E-state index contributed by atoms with van der Waals surface area (Å²) in [5.41, 5.74) is 0. The Morgan fingerprint density at radius 3 is 1.37 bits per heavy atom. The van der Waals surface area contributed by atoms with E-state index in [1.165, 1.54) is 89.9 Å². The number of esters is 2. The first-order valence-corrected chi connectivity index (χ1v) is 23.5. The smallest absolute Gasteiger partial charge is 0.306 e. The van der Waals surface area contributed by atoms with Gasteiger partial charge in [-0.2, -0.15) is 0 Å². The summed E-state index contributed by atoms with van der Waals surface area (Å²) < 4.78 is 33.9. The molecule has 0 rings (SSSR count). The fourth-order valence-corrected chi connectivity index (χ4v) is 6.67. The summed E-state index contributed by atoms with van der Waals surface area (Å²) in [6, 6.07) is 0. The first-order chi connectivity index (χ1) is 26.0. The molecule has 2 atom stereocenters. The van der Waals surface area contributed by atoms with Crippen LogP contribution in [0.15, 0.2) is 24.3 Å². The van der Waals surface area contributed by atoms with Crippen molar-refractivity contribution in [2.45, 2.75) is 200 Å². The molecule has 0 spiro atoms. The molecule has 0 aliphatic carbocycles. The first-order valence-electron chi connectivity index (χ1n) is 22.0. The van der Waals surface area contributed by atoms with Crippen LogP contribution in [0.4, 0.5) is 0 Å². The molecular formula is C44H84NO8P. The second-order valence-corrected chi connectivity index (χ2v) is 17.5. The number of likely N-dealkylation sites (N-methyl/N-ethyl adjacent to an activating group) is 1. The number of carbonyl (C=O) groups excluding carboxylic acids is 2. The maximum absolute atomic E-state index is 12.7. The van der Waals surface area contributed by atoms with Crippen molar-refractivity contribution in [1.82, 2.24) is 0 Å². The molecule has 318 valence electrons. The number of carbonyl (C=O) groups is 2. The summed E-state index contributed by atoms with van der Waals surface area (Å²) in [6.45, 7) is 4.20. The molecule has 0 aliphatic heterocycles. The Morgan fingerprint density at radius 2 is 0.944 bits per heavy atom. The SMILES string of the molecule is CCCCCCCC/C=C/CCCCCCCC(=O)OC[C@H](COP(=O)([O-])OCC[N+](C)(C)C)OC(=O)CCCCCCC/C=C/CCCCCCCC. The fourth-order valence-electron chi connectivity index (χ4n) is 5.94. The van der Waals surface area contributed by atoms with Crippen molar-refractivity contribution in [2.75, 3.05) is 47.5 Å². The topological polar surface area (TPSA) is 111 Å². The number of nitrogens with zero attached hydrogens (tertiary/aromatic N) is 1. The number of ether oxygens (including phenoxy) is 2. The second-order valence-electron chi connectivity index (χ2n) is 16.1. The lowest BCUT2D eigenvalue weighted by atomic mass is 10.1. The highest BCUT2D eigenvalue weighted by molar-refractivity contribution is 7.45. The van der Waals surface area contributed by atoms with Crippen molar-refractivity contribution in [3.63, 3.8) is 0 Å². The van der Waals surface area contributed by atoms with E-state index < -0.39 is 32.5 Å². The molecule has 0 aliphatic rings. The van der Waals surface area contributed by atoms with Crippen molar-refractivity contribution in [3.05, 3.63) is 24.3 Å². The van der Waals surface area contributed by atoms with E-state index >= 15 is 0 Å². The molecule has 0 amide bonds. The lowest BCUT2D eigenvalue weighted by Gasteiger charge is -2.28. The highest BCUT2D eigenvalue weighted by atomic mass is 31.2. The number of allylic oxidation sites excluding steroid dienone is 4. The van der Waals surface area contributed by atoms with E-state index in [-0.39, 0.29) is 26.1 Å². The third kappa shape index (κ3) is 40.2. The van der Waals surface area contributed by atoms with Gasteiger partial charge in [-0.15, -0.1) is 0 Å². The lowest BCUT2D eigenvalue weighted by Crippen LogP contribution is -2.37. The van der Waals surface area contributed by atoms with Gasteiger partial charge in [-0.05, 0) is 64.2 Å². The third-order valence-corrected chi connectivity index (χ3v) is 10.4. The van der Waals surface area contributed by atoms with Crippen molar-refractivity contribution < 1.29 is 42.1 Å². The van der Waals surface area contributed by atoms with Crippen molar-refractivity contribution in [1.29, 1.82) is 0 Å². The van der Waals surface area contributed by atoms with E-state index in [1.54, 1.807) is 0 Å². The van der Waals surface area contributed by atoms with Crippen LogP contribution in [0, 0.1) is 0 Å². The molecular weight excluding hydrogens is 701 g/mol. The Kier molecular flexibility index (Phi) is 36.1. The average molecular weight is 786 g/mol. The molecule has 0 aromatic carbocycles. The molecule has 1 unspecified atom stereocenters.